The third-order valence-electron chi connectivity index (χ3n) is 4.12. The van der Waals surface area contributed by atoms with Crippen LogP contribution in [-0.4, -0.2) is 43.8 Å². The highest BCUT2D eigenvalue weighted by Gasteiger charge is 2.30. The van der Waals surface area contributed by atoms with E-state index in [2.05, 4.69) is 0 Å². The smallest absolute Gasteiger partial charge is 0.269 e. The highest BCUT2D eigenvalue weighted by molar-refractivity contribution is 7.89. The van der Waals surface area contributed by atoms with Crippen LogP contribution < -0.4 is 4.90 Å². The van der Waals surface area contributed by atoms with Crippen LogP contribution in [0.1, 0.15) is 0 Å². The zero-order valence-electron chi connectivity index (χ0n) is 13.2. The van der Waals surface area contributed by atoms with E-state index in [1.165, 1.54) is 22.5 Å². The number of anilines is 1. The molecule has 0 unspecified atom stereocenters. The Morgan fingerprint density at radius 2 is 1.56 bits per heavy atom. The van der Waals surface area contributed by atoms with Crippen LogP contribution in [0.15, 0.2) is 53.4 Å². The van der Waals surface area contributed by atoms with Gasteiger partial charge in [0.15, 0.2) is 0 Å². The summed E-state index contributed by atoms with van der Waals surface area (Å²) in [7, 11) is -3.63. The predicted octanol–water partition coefficient (Wildman–Crippen LogP) is 2.76. The van der Waals surface area contributed by atoms with Crippen LogP contribution in [0.25, 0.3) is 0 Å². The number of hydrogen-bond donors (Lipinski definition) is 0. The van der Waals surface area contributed by atoms with E-state index in [0.717, 1.165) is 5.69 Å². The van der Waals surface area contributed by atoms with Crippen molar-refractivity contribution in [2.24, 2.45) is 0 Å². The molecular weight excluding hydrogens is 366 g/mol. The number of benzene rings is 2. The molecule has 0 bridgehead atoms. The first-order valence-corrected chi connectivity index (χ1v) is 9.45. The fraction of sp³-hybridized carbons (Fsp3) is 0.250. The molecule has 0 radical (unpaired) electrons. The Hall–Kier alpha value is -2.16. The zero-order valence-corrected chi connectivity index (χ0v) is 14.8. The molecule has 0 aliphatic carbocycles. The molecule has 0 atom stereocenters. The van der Waals surface area contributed by atoms with Gasteiger partial charge in [-0.05, 0) is 24.3 Å². The molecule has 132 valence electrons. The first kappa shape index (κ1) is 17.7. The van der Waals surface area contributed by atoms with Crippen LogP contribution in [0.5, 0.6) is 0 Å². The van der Waals surface area contributed by atoms with E-state index < -0.39 is 14.9 Å². The van der Waals surface area contributed by atoms with Crippen molar-refractivity contribution >= 4 is 33.0 Å². The lowest BCUT2D eigenvalue weighted by Gasteiger charge is -2.35. The summed E-state index contributed by atoms with van der Waals surface area (Å²) in [6, 6.07) is 12.6. The molecule has 0 spiro atoms. The first-order valence-electron chi connectivity index (χ1n) is 7.64. The van der Waals surface area contributed by atoms with Gasteiger partial charge in [0.25, 0.3) is 5.69 Å². The van der Waals surface area contributed by atoms with Gasteiger partial charge in [0.2, 0.25) is 10.0 Å². The second kappa shape index (κ2) is 6.99. The average molecular weight is 382 g/mol. The quantitative estimate of drug-likeness (QED) is 0.600. The number of halogens is 1. The summed E-state index contributed by atoms with van der Waals surface area (Å²) in [6.45, 7) is 1.65. The van der Waals surface area contributed by atoms with Gasteiger partial charge in [0.1, 0.15) is 4.90 Å². The lowest BCUT2D eigenvalue weighted by Crippen LogP contribution is -2.48. The van der Waals surface area contributed by atoms with Gasteiger partial charge in [0, 0.05) is 44.0 Å². The van der Waals surface area contributed by atoms with Gasteiger partial charge in [-0.2, -0.15) is 4.31 Å². The van der Waals surface area contributed by atoms with Gasteiger partial charge < -0.3 is 4.90 Å². The standard InChI is InChI=1S/C16H16ClN3O4S/c17-15-3-1-2-4-16(15)25(23,24)19-11-9-18(10-12-19)13-5-7-14(8-6-13)20(21)22/h1-8H,9-12H2. The van der Waals surface area contributed by atoms with E-state index in [9.17, 15) is 18.5 Å². The lowest BCUT2D eigenvalue weighted by atomic mass is 10.2. The Labute approximate surface area is 150 Å². The topological polar surface area (TPSA) is 83.8 Å². The molecule has 0 aromatic heterocycles. The first-order chi connectivity index (χ1) is 11.9. The highest BCUT2D eigenvalue weighted by Crippen LogP contribution is 2.26. The molecule has 9 heteroatoms. The second-order valence-corrected chi connectivity index (χ2v) is 7.91. The number of nitro groups is 1. The van der Waals surface area contributed by atoms with E-state index in [1.54, 1.807) is 30.3 Å². The van der Waals surface area contributed by atoms with Gasteiger partial charge in [-0.25, -0.2) is 8.42 Å². The Balaban J connectivity index is 1.71. The molecule has 1 aliphatic heterocycles. The van der Waals surface area contributed by atoms with E-state index in [1.807, 2.05) is 4.90 Å². The summed E-state index contributed by atoms with van der Waals surface area (Å²) in [5.41, 5.74) is 0.865. The maximum atomic E-state index is 12.7. The molecule has 0 saturated carbocycles. The summed E-state index contributed by atoms with van der Waals surface area (Å²) >= 11 is 6.02. The highest BCUT2D eigenvalue weighted by atomic mass is 35.5. The number of piperazine rings is 1. The molecule has 2 aromatic rings. The van der Waals surface area contributed by atoms with Crippen LogP contribution in [0.4, 0.5) is 11.4 Å². The molecular formula is C16H16ClN3O4S. The fourth-order valence-corrected chi connectivity index (χ4v) is 4.68. The van der Waals surface area contributed by atoms with Crippen LogP contribution in [0, 0.1) is 10.1 Å². The number of sulfonamides is 1. The van der Waals surface area contributed by atoms with E-state index in [0.29, 0.717) is 26.2 Å². The molecule has 25 heavy (non-hydrogen) atoms. The molecule has 0 amide bonds. The maximum absolute atomic E-state index is 12.7. The Kier molecular flexibility index (Phi) is 4.94. The van der Waals surface area contributed by atoms with Gasteiger partial charge in [-0.3, -0.25) is 10.1 Å². The normalized spacial score (nSPS) is 16.0. The number of nitro benzene ring substituents is 1. The molecule has 1 aliphatic rings. The average Bonchev–Trinajstić information content (AvgIpc) is 2.62. The third kappa shape index (κ3) is 3.60. The van der Waals surface area contributed by atoms with Crippen molar-refractivity contribution < 1.29 is 13.3 Å². The summed E-state index contributed by atoms with van der Waals surface area (Å²) in [5.74, 6) is 0. The maximum Gasteiger partial charge on any atom is 0.269 e. The number of non-ortho nitro benzene ring substituents is 1. The molecule has 7 nitrogen and oxygen atoms in total. The van der Waals surface area contributed by atoms with Crippen molar-refractivity contribution in [1.82, 2.24) is 4.31 Å². The van der Waals surface area contributed by atoms with Crippen LogP contribution in [-0.2, 0) is 10.0 Å². The number of hydrogen-bond acceptors (Lipinski definition) is 5. The molecule has 1 fully saturated rings. The molecule has 1 heterocycles. The van der Waals surface area contributed by atoms with Crippen LogP contribution >= 0.6 is 11.6 Å². The predicted molar refractivity (Wildman–Crippen MR) is 95.5 cm³/mol. The minimum Gasteiger partial charge on any atom is -0.369 e. The van der Waals surface area contributed by atoms with Crippen molar-refractivity contribution in [3.63, 3.8) is 0 Å². The van der Waals surface area contributed by atoms with E-state index >= 15 is 0 Å². The molecule has 2 aromatic carbocycles. The summed E-state index contributed by atoms with van der Waals surface area (Å²) in [5, 5.41) is 10.9. The van der Waals surface area contributed by atoms with Crippen molar-refractivity contribution in [2.45, 2.75) is 4.90 Å². The summed E-state index contributed by atoms with van der Waals surface area (Å²) in [4.78, 5) is 12.4. The molecule has 0 N–H and O–H groups in total. The van der Waals surface area contributed by atoms with E-state index in [-0.39, 0.29) is 15.6 Å². The third-order valence-corrected chi connectivity index (χ3v) is 6.52. The zero-order chi connectivity index (χ0) is 18.0. The summed E-state index contributed by atoms with van der Waals surface area (Å²) in [6.07, 6.45) is 0. The molecule has 3 rings (SSSR count). The van der Waals surface area contributed by atoms with Gasteiger partial charge in [-0.15, -0.1) is 0 Å². The lowest BCUT2D eigenvalue weighted by molar-refractivity contribution is -0.384. The van der Waals surface area contributed by atoms with Crippen LogP contribution in [0.3, 0.4) is 0 Å². The van der Waals surface area contributed by atoms with Crippen molar-refractivity contribution in [3.05, 3.63) is 63.7 Å². The van der Waals surface area contributed by atoms with Crippen LogP contribution in [0.2, 0.25) is 5.02 Å². The van der Waals surface area contributed by atoms with E-state index in [4.69, 9.17) is 11.6 Å². The monoisotopic (exact) mass is 381 g/mol. The van der Waals surface area contributed by atoms with Gasteiger partial charge in [-0.1, -0.05) is 23.7 Å². The Morgan fingerprint density at radius 1 is 0.960 bits per heavy atom. The number of rotatable bonds is 4. The van der Waals surface area contributed by atoms with Crippen molar-refractivity contribution in [1.29, 1.82) is 0 Å². The Bertz CT molecular complexity index is 879. The van der Waals surface area contributed by atoms with Gasteiger partial charge >= 0.3 is 0 Å². The molecule has 1 saturated heterocycles. The summed E-state index contributed by atoms with van der Waals surface area (Å²) < 4.78 is 26.9. The minimum atomic E-state index is -3.63. The fourth-order valence-electron chi connectivity index (χ4n) is 2.76. The minimum absolute atomic E-state index is 0.0312. The largest absolute Gasteiger partial charge is 0.369 e. The SMILES string of the molecule is O=[N+]([O-])c1ccc(N2CCN(S(=O)(=O)c3ccccc3Cl)CC2)cc1. The number of nitrogens with zero attached hydrogens (tertiary/aromatic N) is 3. The van der Waals surface area contributed by atoms with Crippen molar-refractivity contribution in [2.75, 3.05) is 31.1 Å². The van der Waals surface area contributed by atoms with Gasteiger partial charge in [0.05, 0.1) is 9.95 Å². The Morgan fingerprint density at radius 3 is 2.12 bits per heavy atom. The van der Waals surface area contributed by atoms with Crippen molar-refractivity contribution in [3.8, 4) is 0 Å². The second-order valence-electron chi connectivity index (χ2n) is 5.60.